The monoisotopic (exact) mass is 560 g/mol. The minimum absolute atomic E-state index is 0.0134. The van der Waals surface area contributed by atoms with Gasteiger partial charge in [0.1, 0.15) is 16.5 Å². The number of amides is 1. The van der Waals surface area contributed by atoms with E-state index in [1.165, 1.54) is 37.5 Å². The molecule has 0 aliphatic rings. The molecule has 7 nitrogen and oxygen atoms in total. The van der Waals surface area contributed by atoms with Crippen LogP contribution in [-0.4, -0.2) is 21.4 Å². The van der Waals surface area contributed by atoms with E-state index in [9.17, 15) is 18.5 Å². The summed E-state index contributed by atoms with van der Waals surface area (Å²) in [7, 11) is -2.79. The number of rotatable bonds is 7. The molecule has 0 aliphatic heterocycles. The third-order valence-electron chi connectivity index (χ3n) is 4.51. The molecule has 10 heteroatoms. The number of carbonyl (C=O) groups excluding carboxylic acids is 1. The Morgan fingerprint density at radius 3 is 2.47 bits per heavy atom. The van der Waals surface area contributed by atoms with Crippen LogP contribution in [0.4, 0.5) is 5.69 Å². The SMILES string of the molecule is COc1cc(/C=C(\C#N)C(=O)Nc2cccc(Cl)c2)cc(Br)c1OS(=O)(=O)c1ccc(C)cc1. The predicted octanol–water partition coefficient (Wildman–Crippen LogP) is 5.73. The first kappa shape index (κ1) is 25.3. The van der Waals surface area contributed by atoms with Crippen molar-refractivity contribution in [2.24, 2.45) is 0 Å². The Morgan fingerprint density at radius 1 is 1.15 bits per heavy atom. The summed E-state index contributed by atoms with van der Waals surface area (Å²) < 4.78 is 36.3. The fraction of sp³-hybridized carbons (Fsp3) is 0.0833. The Hall–Kier alpha value is -3.32. The van der Waals surface area contributed by atoms with Crippen LogP contribution in [0.1, 0.15) is 11.1 Å². The van der Waals surface area contributed by atoms with Crippen molar-refractivity contribution >= 4 is 55.3 Å². The minimum atomic E-state index is -4.13. The standard InChI is InChI=1S/C24H18BrClN2O5S/c1-15-6-8-20(9-7-15)34(30,31)33-23-21(25)11-16(12-22(23)32-2)10-17(14-27)24(29)28-19-5-3-4-18(26)13-19/h3-13H,1-2H3,(H,28,29)/b17-10+. The quantitative estimate of drug-likeness (QED) is 0.224. The van der Waals surface area contributed by atoms with Crippen LogP contribution >= 0.6 is 27.5 Å². The lowest BCUT2D eigenvalue weighted by atomic mass is 10.1. The second-order valence-corrected chi connectivity index (χ2v) is 9.86. The van der Waals surface area contributed by atoms with Crippen LogP contribution < -0.4 is 14.2 Å². The molecule has 0 fully saturated rings. The fourth-order valence-corrected chi connectivity index (χ4v) is 4.64. The zero-order valence-corrected chi connectivity index (χ0v) is 21.2. The van der Waals surface area contributed by atoms with Gasteiger partial charge in [-0.3, -0.25) is 4.79 Å². The fourth-order valence-electron chi connectivity index (χ4n) is 2.85. The molecule has 0 unspecified atom stereocenters. The normalized spacial score (nSPS) is 11.4. The molecular formula is C24H18BrClN2O5S. The maximum atomic E-state index is 12.7. The van der Waals surface area contributed by atoms with Gasteiger partial charge in [-0.25, -0.2) is 0 Å². The van der Waals surface area contributed by atoms with Gasteiger partial charge in [-0.15, -0.1) is 0 Å². The number of anilines is 1. The topological polar surface area (TPSA) is 105 Å². The summed E-state index contributed by atoms with van der Waals surface area (Å²) in [5, 5.41) is 12.5. The molecule has 3 aromatic rings. The van der Waals surface area contributed by atoms with Gasteiger partial charge in [0.15, 0.2) is 11.5 Å². The summed E-state index contributed by atoms with van der Waals surface area (Å²) in [5.41, 5.74) is 1.56. The zero-order valence-electron chi connectivity index (χ0n) is 18.0. The number of nitrogens with zero attached hydrogens (tertiary/aromatic N) is 1. The van der Waals surface area contributed by atoms with Crippen molar-refractivity contribution in [1.29, 1.82) is 5.26 Å². The van der Waals surface area contributed by atoms with E-state index in [4.69, 9.17) is 20.5 Å². The van der Waals surface area contributed by atoms with Gasteiger partial charge in [0, 0.05) is 10.7 Å². The molecule has 0 radical (unpaired) electrons. The van der Waals surface area contributed by atoms with Crippen LogP contribution in [0, 0.1) is 18.3 Å². The number of methoxy groups -OCH3 is 1. The number of hydrogen-bond donors (Lipinski definition) is 1. The molecule has 1 amide bonds. The largest absolute Gasteiger partial charge is 0.493 e. The predicted molar refractivity (Wildman–Crippen MR) is 133 cm³/mol. The molecule has 3 rings (SSSR count). The van der Waals surface area contributed by atoms with Gasteiger partial charge in [0.25, 0.3) is 5.91 Å². The summed E-state index contributed by atoms with van der Waals surface area (Å²) in [6.07, 6.45) is 1.34. The summed E-state index contributed by atoms with van der Waals surface area (Å²) in [6.45, 7) is 1.84. The van der Waals surface area contributed by atoms with Crippen LogP contribution in [0.2, 0.25) is 5.02 Å². The van der Waals surface area contributed by atoms with E-state index in [1.807, 2.05) is 13.0 Å². The van der Waals surface area contributed by atoms with Gasteiger partial charge < -0.3 is 14.2 Å². The molecule has 0 atom stereocenters. The molecule has 0 saturated carbocycles. The molecular weight excluding hydrogens is 544 g/mol. The van der Waals surface area contributed by atoms with Crippen LogP contribution in [0.3, 0.4) is 0 Å². The number of benzene rings is 3. The van der Waals surface area contributed by atoms with Crippen LogP contribution in [-0.2, 0) is 14.9 Å². The Kier molecular flexibility index (Phi) is 7.99. The molecule has 0 bridgehead atoms. The van der Waals surface area contributed by atoms with E-state index in [0.717, 1.165) is 5.56 Å². The number of nitrogens with one attached hydrogen (secondary N) is 1. The van der Waals surface area contributed by atoms with Crippen molar-refractivity contribution < 1.29 is 22.1 Å². The first-order valence-electron chi connectivity index (χ1n) is 9.70. The minimum Gasteiger partial charge on any atom is -0.493 e. The van der Waals surface area contributed by atoms with E-state index in [1.54, 1.807) is 36.4 Å². The van der Waals surface area contributed by atoms with Crippen LogP contribution in [0.25, 0.3) is 6.08 Å². The zero-order chi connectivity index (χ0) is 24.9. The Bertz CT molecular complexity index is 1410. The van der Waals surface area contributed by atoms with Crippen LogP contribution in [0.15, 0.2) is 75.6 Å². The van der Waals surface area contributed by atoms with Crippen molar-refractivity contribution in [3.63, 3.8) is 0 Å². The van der Waals surface area contributed by atoms with E-state index >= 15 is 0 Å². The van der Waals surface area contributed by atoms with Crippen molar-refractivity contribution in [3.05, 3.63) is 86.9 Å². The van der Waals surface area contributed by atoms with Gasteiger partial charge in [-0.05, 0) is 77.0 Å². The van der Waals surface area contributed by atoms with Crippen molar-refractivity contribution in [1.82, 2.24) is 0 Å². The smallest absolute Gasteiger partial charge is 0.339 e. The van der Waals surface area contributed by atoms with E-state index in [2.05, 4.69) is 21.2 Å². The Morgan fingerprint density at radius 2 is 1.85 bits per heavy atom. The molecule has 0 heterocycles. The Balaban J connectivity index is 1.91. The number of nitriles is 1. The first-order valence-corrected chi connectivity index (χ1v) is 12.3. The number of halogens is 2. The van der Waals surface area contributed by atoms with Gasteiger partial charge >= 0.3 is 10.1 Å². The molecule has 0 spiro atoms. The molecule has 0 aliphatic carbocycles. The molecule has 3 aromatic carbocycles. The molecule has 174 valence electrons. The third kappa shape index (κ3) is 6.17. The lowest BCUT2D eigenvalue weighted by Crippen LogP contribution is -2.13. The third-order valence-corrected chi connectivity index (χ3v) is 6.57. The maximum Gasteiger partial charge on any atom is 0.339 e. The lowest BCUT2D eigenvalue weighted by molar-refractivity contribution is -0.112. The molecule has 0 saturated heterocycles. The van der Waals surface area contributed by atoms with Gasteiger partial charge in [0.05, 0.1) is 11.6 Å². The van der Waals surface area contributed by atoms with E-state index in [0.29, 0.717) is 16.3 Å². The maximum absolute atomic E-state index is 12.7. The van der Waals surface area contributed by atoms with E-state index in [-0.39, 0.29) is 26.4 Å². The lowest BCUT2D eigenvalue weighted by Gasteiger charge is -2.14. The highest BCUT2D eigenvalue weighted by molar-refractivity contribution is 9.10. The molecule has 0 aromatic heterocycles. The number of aryl methyl sites for hydroxylation is 1. The Labute approximate surface area is 210 Å². The highest BCUT2D eigenvalue weighted by Crippen LogP contribution is 2.39. The van der Waals surface area contributed by atoms with Crippen LogP contribution in [0.5, 0.6) is 11.5 Å². The summed E-state index contributed by atoms with van der Waals surface area (Å²) in [4.78, 5) is 12.5. The number of hydrogen-bond acceptors (Lipinski definition) is 6. The first-order chi connectivity index (χ1) is 16.1. The molecule has 34 heavy (non-hydrogen) atoms. The summed E-state index contributed by atoms with van der Waals surface area (Å²) >= 11 is 9.21. The van der Waals surface area contributed by atoms with E-state index < -0.39 is 16.0 Å². The number of ether oxygens (including phenoxy) is 1. The van der Waals surface area contributed by atoms with Gasteiger partial charge in [0.2, 0.25) is 0 Å². The second-order valence-electron chi connectivity index (χ2n) is 7.02. The average molecular weight is 562 g/mol. The highest BCUT2D eigenvalue weighted by atomic mass is 79.9. The highest BCUT2D eigenvalue weighted by Gasteiger charge is 2.22. The van der Waals surface area contributed by atoms with Gasteiger partial charge in [-0.2, -0.15) is 13.7 Å². The van der Waals surface area contributed by atoms with Crippen molar-refractivity contribution in [2.45, 2.75) is 11.8 Å². The summed E-state index contributed by atoms with van der Waals surface area (Å²) in [5.74, 6) is -0.618. The average Bonchev–Trinajstić information content (AvgIpc) is 2.79. The molecule has 1 N–H and O–H groups in total. The van der Waals surface area contributed by atoms with Crippen molar-refractivity contribution in [2.75, 3.05) is 12.4 Å². The van der Waals surface area contributed by atoms with Crippen molar-refractivity contribution in [3.8, 4) is 17.6 Å². The number of carbonyl (C=O) groups is 1. The van der Waals surface area contributed by atoms with Gasteiger partial charge in [-0.1, -0.05) is 35.4 Å². The second kappa shape index (κ2) is 10.7. The summed E-state index contributed by atoms with van der Waals surface area (Å²) in [6, 6.07) is 17.5.